The zero-order chi connectivity index (χ0) is 14.9. The lowest BCUT2D eigenvalue weighted by Gasteiger charge is -2.27. The first-order valence-electron chi connectivity index (χ1n) is 8.35. The quantitative estimate of drug-likeness (QED) is 0.779. The van der Waals surface area contributed by atoms with Crippen LogP contribution < -0.4 is 4.90 Å². The number of ether oxygens (including phenoxy) is 1. The molecule has 0 radical (unpaired) electrons. The fourth-order valence-corrected chi connectivity index (χ4v) is 3.02. The number of anilines is 1. The summed E-state index contributed by atoms with van der Waals surface area (Å²) in [7, 11) is 0. The van der Waals surface area contributed by atoms with Crippen LogP contribution in [0.2, 0.25) is 0 Å². The molecular weight excluding hydrogens is 262 g/mol. The van der Waals surface area contributed by atoms with E-state index >= 15 is 0 Å². The van der Waals surface area contributed by atoms with Gasteiger partial charge < -0.3 is 14.7 Å². The average Bonchev–Trinajstić information content (AvgIpc) is 2.75. The van der Waals surface area contributed by atoms with Crippen LogP contribution in [-0.2, 0) is 4.74 Å². The van der Waals surface area contributed by atoms with Crippen LogP contribution in [0.1, 0.15) is 45.4 Å². The molecule has 0 aromatic heterocycles. The Hall–Kier alpha value is -1.06. The molecule has 1 fully saturated rings. The largest absolute Gasteiger partial charge is 0.392 e. The molecule has 1 aromatic rings. The third-order valence-corrected chi connectivity index (χ3v) is 4.12. The highest BCUT2D eigenvalue weighted by molar-refractivity contribution is 5.46. The summed E-state index contributed by atoms with van der Waals surface area (Å²) in [6.07, 6.45) is 7.86. The predicted molar refractivity (Wildman–Crippen MR) is 87.8 cm³/mol. The Kier molecular flexibility index (Phi) is 7.04. The number of aliphatic hydroxyl groups excluding tert-OH is 1. The number of nitrogens with zero attached hydrogens (tertiary/aromatic N) is 1. The third kappa shape index (κ3) is 6.06. The minimum atomic E-state index is -0.330. The number of para-hydroxylation sites is 1. The Morgan fingerprint density at radius 3 is 2.43 bits per heavy atom. The van der Waals surface area contributed by atoms with E-state index in [1.807, 2.05) is 25.1 Å². The van der Waals surface area contributed by atoms with Gasteiger partial charge in [0.05, 0.1) is 18.8 Å². The Morgan fingerprint density at radius 2 is 1.81 bits per heavy atom. The molecule has 118 valence electrons. The smallest absolute Gasteiger partial charge is 0.0687 e. The van der Waals surface area contributed by atoms with Gasteiger partial charge in [0.1, 0.15) is 0 Å². The van der Waals surface area contributed by atoms with E-state index in [-0.39, 0.29) is 6.10 Å². The Bertz CT molecular complexity index is 372. The van der Waals surface area contributed by atoms with Crippen LogP contribution in [0.3, 0.4) is 0 Å². The molecule has 3 heteroatoms. The van der Waals surface area contributed by atoms with E-state index in [2.05, 4.69) is 17.0 Å². The molecule has 0 spiro atoms. The molecule has 1 aromatic carbocycles. The Morgan fingerprint density at radius 1 is 1.14 bits per heavy atom. The second-order valence-electron chi connectivity index (χ2n) is 6.11. The molecule has 0 aliphatic heterocycles. The number of rotatable bonds is 7. The van der Waals surface area contributed by atoms with Crippen molar-refractivity contribution in [2.75, 3.05) is 24.6 Å². The second-order valence-corrected chi connectivity index (χ2v) is 6.11. The van der Waals surface area contributed by atoms with Crippen LogP contribution in [0.25, 0.3) is 0 Å². The zero-order valence-corrected chi connectivity index (χ0v) is 13.2. The number of aliphatic hydroxyl groups is 1. The van der Waals surface area contributed by atoms with Gasteiger partial charge in [0.25, 0.3) is 0 Å². The predicted octanol–water partition coefficient (Wildman–Crippen LogP) is 3.61. The minimum absolute atomic E-state index is 0.330. The molecule has 1 aliphatic carbocycles. The van der Waals surface area contributed by atoms with Gasteiger partial charge >= 0.3 is 0 Å². The van der Waals surface area contributed by atoms with Crippen molar-refractivity contribution in [2.45, 2.75) is 57.7 Å². The lowest BCUT2D eigenvalue weighted by Crippen LogP contribution is -2.34. The Balaban J connectivity index is 1.81. The summed E-state index contributed by atoms with van der Waals surface area (Å²) in [5, 5.41) is 9.69. The van der Waals surface area contributed by atoms with Gasteiger partial charge in [-0.15, -0.1) is 0 Å². The Labute approximate surface area is 128 Å². The first kappa shape index (κ1) is 16.3. The van der Waals surface area contributed by atoms with Crippen molar-refractivity contribution in [1.29, 1.82) is 0 Å². The van der Waals surface area contributed by atoms with E-state index in [1.165, 1.54) is 38.5 Å². The summed E-state index contributed by atoms with van der Waals surface area (Å²) < 4.78 is 6.07. The molecule has 1 N–H and O–H groups in total. The molecule has 1 saturated carbocycles. The molecule has 0 heterocycles. The molecule has 0 bridgehead atoms. The minimum Gasteiger partial charge on any atom is -0.392 e. The summed E-state index contributed by atoms with van der Waals surface area (Å²) >= 11 is 0. The zero-order valence-electron chi connectivity index (χ0n) is 13.2. The summed E-state index contributed by atoms with van der Waals surface area (Å²) in [6.45, 7) is 4.07. The summed E-state index contributed by atoms with van der Waals surface area (Å²) in [5.41, 5.74) is 1.16. The van der Waals surface area contributed by atoms with Crippen molar-refractivity contribution in [2.24, 2.45) is 0 Å². The molecule has 1 aliphatic rings. The van der Waals surface area contributed by atoms with E-state index in [9.17, 15) is 5.11 Å². The number of benzene rings is 1. The van der Waals surface area contributed by atoms with Gasteiger partial charge in [-0.1, -0.05) is 43.9 Å². The lowest BCUT2D eigenvalue weighted by atomic mass is 10.1. The standard InChI is InChI=1S/C18H29NO2/c1-16(20)15-19(17-9-5-4-6-10-17)13-14-21-18-11-7-2-3-8-12-18/h4-6,9-10,16,18,20H,2-3,7-8,11-15H2,1H3. The van der Waals surface area contributed by atoms with E-state index in [0.29, 0.717) is 12.6 Å². The molecule has 3 nitrogen and oxygen atoms in total. The normalized spacial score (nSPS) is 18.2. The number of hydrogen-bond acceptors (Lipinski definition) is 3. The van der Waals surface area contributed by atoms with Crippen molar-refractivity contribution in [3.63, 3.8) is 0 Å². The topological polar surface area (TPSA) is 32.7 Å². The first-order chi connectivity index (χ1) is 10.3. The van der Waals surface area contributed by atoms with Gasteiger partial charge in [0.2, 0.25) is 0 Å². The highest BCUT2D eigenvalue weighted by atomic mass is 16.5. The van der Waals surface area contributed by atoms with Crippen LogP contribution in [0.15, 0.2) is 30.3 Å². The molecule has 0 saturated heterocycles. The fourth-order valence-electron chi connectivity index (χ4n) is 3.02. The van der Waals surface area contributed by atoms with Gasteiger partial charge in [-0.05, 0) is 31.9 Å². The highest BCUT2D eigenvalue weighted by Gasteiger charge is 2.14. The van der Waals surface area contributed by atoms with Crippen molar-refractivity contribution >= 4 is 5.69 Å². The fraction of sp³-hybridized carbons (Fsp3) is 0.667. The maximum absolute atomic E-state index is 9.69. The average molecular weight is 291 g/mol. The second kappa shape index (κ2) is 9.06. The molecule has 0 amide bonds. The molecule has 1 atom stereocenters. The van der Waals surface area contributed by atoms with Crippen LogP contribution >= 0.6 is 0 Å². The van der Waals surface area contributed by atoms with Crippen molar-refractivity contribution < 1.29 is 9.84 Å². The first-order valence-corrected chi connectivity index (χ1v) is 8.35. The van der Waals surface area contributed by atoms with E-state index in [0.717, 1.165) is 18.8 Å². The van der Waals surface area contributed by atoms with Crippen LogP contribution in [0, 0.1) is 0 Å². The molecule has 21 heavy (non-hydrogen) atoms. The van der Waals surface area contributed by atoms with Gasteiger partial charge in [-0.3, -0.25) is 0 Å². The van der Waals surface area contributed by atoms with Crippen molar-refractivity contribution in [1.82, 2.24) is 0 Å². The molecule has 2 rings (SSSR count). The van der Waals surface area contributed by atoms with Crippen LogP contribution in [0.4, 0.5) is 5.69 Å². The van der Waals surface area contributed by atoms with Gasteiger partial charge in [-0.25, -0.2) is 0 Å². The van der Waals surface area contributed by atoms with Crippen molar-refractivity contribution in [3.05, 3.63) is 30.3 Å². The van der Waals surface area contributed by atoms with E-state index < -0.39 is 0 Å². The monoisotopic (exact) mass is 291 g/mol. The maximum atomic E-state index is 9.69. The summed E-state index contributed by atoms with van der Waals surface area (Å²) in [5.74, 6) is 0. The molecular formula is C18H29NO2. The van der Waals surface area contributed by atoms with Crippen molar-refractivity contribution in [3.8, 4) is 0 Å². The number of hydrogen-bond donors (Lipinski definition) is 1. The van der Waals surface area contributed by atoms with Gasteiger partial charge in [0, 0.05) is 18.8 Å². The van der Waals surface area contributed by atoms with Gasteiger partial charge in [-0.2, -0.15) is 0 Å². The lowest BCUT2D eigenvalue weighted by molar-refractivity contribution is 0.0470. The van der Waals surface area contributed by atoms with E-state index in [1.54, 1.807) is 0 Å². The maximum Gasteiger partial charge on any atom is 0.0687 e. The van der Waals surface area contributed by atoms with Crippen LogP contribution in [0.5, 0.6) is 0 Å². The van der Waals surface area contributed by atoms with Crippen LogP contribution in [-0.4, -0.2) is 37.0 Å². The summed E-state index contributed by atoms with van der Waals surface area (Å²) in [6, 6.07) is 10.3. The van der Waals surface area contributed by atoms with Gasteiger partial charge in [0.15, 0.2) is 0 Å². The third-order valence-electron chi connectivity index (χ3n) is 4.12. The summed E-state index contributed by atoms with van der Waals surface area (Å²) in [4.78, 5) is 2.21. The SMILES string of the molecule is CC(O)CN(CCOC1CCCCCC1)c1ccccc1. The van der Waals surface area contributed by atoms with E-state index in [4.69, 9.17) is 4.74 Å². The molecule has 1 unspecified atom stereocenters. The highest BCUT2D eigenvalue weighted by Crippen LogP contribution is 2.20.